The summed E-state index contributed by atoms with van der Waals surface area (Å²) >= 11 is 0. The van der Waals surface area contributed by atoms with Crippen molar-refractivity contribution in [1.82, 2.24) is 0 Å². The maximum atomic E-state index is 11.9. The molecule has 0 saturated carbocycles. The first-order valence-corrected chi connectivity index (χ1v) is 11.1. The molecule has 1 rings (SSSR count). The Morgan fingerprint density at radius 3 is 1.64 bits per heavy atom. The van der Waals surface area contributed by atoms with E-state index < -0.39 is 11.9 Å². The number of carbonyl (C=O) groups is 2. The molecule has 0 saturated heterocycles. The third-order valence-corrected chi connectivity index (χ3v) is 4.61. The molecule has 0 aromatic heterocycles. The van der Waals surface area contributed by atoms with Gasteiger partial charge in [0.1, 0.15) is 0 Å². The van der Waals surface area contributed by atoms with Crippen LogP contribution in [-0.2, 0) is 4.74 Å². The number of carboxylic acid groups (broad SMARTS) is 1. The first-order chi connectivity index (χ1) is 13.6. The minimum Gasteiger partial charge on any atom is -0.478 e. The van der Waals surface area contributed by atoms with Crippen molar-refractivity contribution in [3.05, 3.63) is 35.4 Å². The summed E-state index contributed by atoms with van der Waals surface area (Å²) in [6.07, 6.45) is 14.8. The Hall–Kier alpha value is -1.84. The first kappa shape index (κ1) is 26.2. The molecule has 0 aliphatic rings. The summed E-state index contributed by atoms with van der Waals surface area (Å²) < 4.78 is 5.19. The summed E-state index contributed by atoms with van der Waals surface area (Å²) in [4.78, 5) is 23.0. The van der Waals surface area contributed by atoms with Crippen molar-refractivity contribution in [2.24, 2.45) is 0 Å². The van der Waals surface area contributed by atoms with Gasteiger partial charge in [-0.3, -0.25) is 0 Å². The second-order valence-corrected chi connectivity index (χ2v) is 7.17. The molecule has 28 heavy (non-hydrogen) atoms. The molecule has 0 atom stereocenters. The second-order valence-electron chi connectivity index (χ2n) is 7.17. The summed E-state index contributed by atoms with van der Waals surface area (Å²) in [5, 5.41) is 9.07. The van der Waals surface area contributed by atoms with Crippen LogP contribution >= 0.6 is 0 Å². The Bertz CT molecular complexity index is 523. The highest BCUT2D eigenvalue weighted by Crippen LogP contribution is 2.12. The molecule has 0 bridgehead atoms. The van der Waals surface area contributed by atoms with Gasteiger partial charge in [-0.15, -0.1) is 0 Å². The zero-order valence-corrected chi connectivity index (χ0v) is 18.2. The van der Waals surface area contributed by atoms with Gasteiger partial charge in [0, 0.05) is 0 Å². The van der Waals surface area contributed by atoms with E-state index >= 15 is 0 Å². The molecule has 4 heteroatoms. The highest BCUT2D eigenvalue weighted by atomic mass is 16.5. The standard InChI is InChI=1S/C20H30O4.C4H10/c1-2-3-4-5-6-7-8-9-10-13-16-24-20(23)18-15-12-11-14-17(18)19(21)22;1-3-4-2/h11-12,14-15H,2-10,13,16H2,1H3,(H,21,22);3-4H2,1-2H3. The topological polar surface area (TPSA) is 63.6 Å². The quantitative estimate of drug-likeness (QED) is 0.267. The van der Waals surface area contributed by atoms with Crippen LogP contribution in [0.2, 0.25) is 0 Å². The normalized spacial score (nSPS) is 10.1. The minimum absolute atomic E-state index is 0.00873. The van der Waals surface area contributed by atoms with Crippen LogP contribution in [0.3, 0.4) is 0 Å². The number of esters is 1. The van der Waals surface area contributed by atoms with Crippen LogP contribution in [0.1, 0.15) is 119 Å². The number of carbonyl (C=O) groups excluding carboxylic acids is 1. The maximum absolute atomic E-state index is 11.9. The van der Waals surface area contributed by atoms with Gasteiger partial charge in [-0.2, -0.15) is 0 Å². The maximum Gasteiger partial charge on any atom is 0.339 e. The molecule has 0 amide bonds. The third-order valence-electron chi connectivity index (χ3n) is 4.61. The molecular formula is C24H40O4. The lowest BCUT2D eigenvalue weighted by Crippen LogP contribution is -2.12. The van der Waals surface area contributed by atoms with Crippen molar-refractivity contribution in [3.63, 3.8) is 0 Å². The van der Waals surface area contributed by atoms with E-state index in [1.165, 1.54) is 69.9 Å². The van der Waals surface area contributed by atoms with E-state index in [1.54, 1.807) is 12.1 Å². The average molecular weight is 393 g/mol. The molecule has 4 nitrogen and oxygen atoms in total. The van der Waals surface area contributed by atoms with Gasteiger partial charge in [0.05, 0.1) is 17.7 Å². The molecule has 1 aromatic rings. The van der Waals surface area contributed by atoms with Gasteiger partial charge in [-0.25, -0.2) is 9.59 Å². The fourth-order valence-electron chi connectivity index (χ4n) is 2.68. The predicted octanol–water partition coefficient (Wildman–Crippen LogP) is 7.27. The Morgan fingerprint density at radius 1 is 0.714 bits per heavy atom. The van der Waals surface area contributed by atoms with Crippen LogP contribution in [0.5, 0.6) is 0 Å². The van der Waals surface area contributed by atoms with E-state index in [2.05, 4.69) is 20.8 Å². The molecule has 160 valence electrons. The highest BCUT2D eigenvalue weighted by molar-refractivity contribution is 6.02. The van der Waals surface area contributed by atoms with Gasteiger partial charge in [0.25, 0.3) is 0 Å². The van der Waals surface area contributed by atoms with Crippen LogP contribution < -0.4 is 0 Å². The van der Waals surface area contributed by atoms with E-state index in [0.29, 0.717) is 6.61 Å². The summed E-state index contributed by atoms with van der Waals surface area (Å²) in [6.45, 7) is 6.94. The smallest absolute Gasteiger partial charge is 0.339 e. The summed E-state index contributed by atoms with van der Waals surface area (Å²) in [5.41, 5.74) is 0.114. The number of carboxylic acids is 1. The zero-order valence-electron chi connectivity index (χ0n) is 18.2. The number of rotatable bonds is 14. The molecule has 0 radical (unpaired) electrons. The lowest BCUT2D eigenvalue weighted by Gasteiger charge is -2.07. The molecule has 0 aliphatic heterocycles. The van der Waals surface area contributed by atoms with E-state index in [0.717, 1.165) is 19.3 Å². The van der Waals surface area contributed by atoms with Crippen molar-refractivity contribution < 1.29 is 19.4 Å². The highest BCUT2D eigenvalue weighted by Gasteiger charge is 2.16. The van der Waals surface area contributed by atoms with Gasteiger partial charge in [0.15, 0.2) is 0 Å². The van der Waals surface area contributed by atoms with Gasteiger partial charge in [0.2, 0.25) is 0 Å². The summed E-state index contributed by atoms with van der Waals surface area (Å²) in [7, 11) is 0. The van der Waals surface area contributed by atoms with Crippen molar-refractivity contribution in [2.45, 2.75) is 97.8 Å². The number of hydrogen-bond acceptors (Lipinski definition) is 3. The molecular weight excluding hydrogens is 352 g/mol. The minimum atomic E-state index is -1.11. The number of unbranched alkanes of at least 4 members (excludes halogenated alkanes) is 10. The van der Waals surface area contributed by atoms with Gasteiger partial charge in [-0.1, -0.05) is 104 Å². The van der Waals surface area contributed by atoms with Gasteiger partial charge >= 0.3 is 11.9 Å². The zero-order chi connectivity index (χ0) is 21.0. The predicted molar refractivity (Wildman–Crippen MR) is 116 cm³/mol. The molecule has 0 aliphatic carbocycles. The largest absolute Gasteiger partial charge is 0.478 e. The average Bonchev–Trinajstić information content (AvgIpc) is 2.72. The molecule has 0 spiro atoms. The summed E-state index contributed by atoms with van der Waals surface area (Å²) in [6, 6.07) is 6.15. The third kappa shape index (κ3) is 13.3. The van der Waals surface area contributed by atoms with Gasteiger partial charge in [-0.05, 0) is 18.6 Å². The number of benzene rings is 1. The summed E-state index contributed by atoms with van der Waals surface area (Å²) in [5.74, 6) is -1.66. The Morgan fingerprint density at radius 2 is 1.18 bits per heavy atom. The fraction of sp³-hybridized carbons (Fsp3) is 0.667. The number of hydrogen-bond donors (Lipinski definition) is 1. The van der Waals surface area contributed by atoms with Crippen molar-refractivity contribution >= 4 is 11.9 Å². The van der Waals surface area contributed by atoms with E-state index in [4.69, 9.17) is 9.84 Å². The van der Waals surface area contributed by atoms with Crippen molar-refractivity contribution in [3.8, 4) is 0 Å². The van der Waals surface area contributed by atoms with Crippen LogP contribution in [0.4, 0.5) is 0 Å². The van der Waals surface area contributed by atoms with E-state index in [9.17, 15) is 9.59 Å². The molecule has 1 N–H and O–H groups in total. The molecule has 0 heterocycles. The molecule has 0 unspecified atom stereocenters. The Kier molecular flexibility index (Phi) is 17.3. The molecule has 1 aromatic carbocycles. The lowest BCUT2D eigenvalue weighted by molar-refractivity contribution is 0.0487. The van der Waals surface area contributed by atoms with Crippen LogP contribution in [0.15, 0.2) is 24.3 Å². The molecule has 0 fully saturated rings. The lowest BCUT2D eigenvalue weighted by atomic mass is 10.1. The van der Waals surface area contributed by atoms with Gasteiger partial charge < -0.3 is 9.84 Å². The number of aromatic carboxylic acids is 1. The van der Waals surface area contributed by atoms with Crippen molar-refractivity contribution in [1.29, 1.82) is 0 Å². The second kappa shape index (κ2) is 18.5. The van der Waals surface area contributed by atoms with Crippen LogP contribution in [0, 0.1) is 0 Å². The van der Waals surface area contributed by atoms with Crippen molar-refractivity contribution in [2.75, 3.05) is 6.61 Å². The van der Waals surface area contributed by atoms with E-state index in [-0.39, 0.29) is 11.1 Å². The van der Waals surface area contributed by atoms with E-state index in [1.807, 2.05) is 0 Å². The Labute approximate surface area is 171 Å². The van der Waals surface area contributed by atoms with Crippen LogP contribution in [-0.4, -0.2) is 23.7 Å². The van der Waals surface area contributed by atoms with Crippen LogP contribution in [0.25, 0.3) is 0 Å². The number of ether oxygens (including phenoxy) is 1. The Balaban J connectivity index is 0.00000165. The first-order valence-electron chi connectivity index (χ1n) is 11.1. The monoisotopic (exact) mass is 392 g/mol. The SMILES string of the molecule is CCCC.CCCCCCCCCCCCOC(=O)c1ccccc1C(=O)O. The fourth-order valence-corrected chi connectivity index (χ4v) is 2.68.